The second kappa shape index (κ2) is 6.46. The molecule has 3 rings (SSSR count). The van der Waals surface area contributed by atoms with Crippen LogP contribution in [0.5, 0.6) is 23.0 Å². The number of nitrogens with one attached hydrogen (secondary N) is 1. The van der Waals surface area contributed by atoms with E-state index in [1.807, 2.05) is 0 Å². The summed E-state index contributed by atoms with van der Waals surface area (Å²) in [5.41, 5.74) is 0.634. The molecule has 0 saturated carbocycles. The lowest BCUT2D eigenvalue weighted by Gasteiger charge is -2.20. The van der Waals surface area contributed by atoms with Gasteiger partial charge in [0.15, 0.2) is 11.5 Å². The fraction of sp³-hybridized carbons (Fsp3) is 0.500. The Labute approximate surface area is 139 Å². The molecule has 24 heavy (non-hydrogen) atoms. The Morgan fingerprint density at radius 2 is 2.04 bits per heavy atom. The summed E-state index contributed by atoms with van der Waals surface area (Å²) in [5, 5.41) is 2.71. The summed E-state index contributed by atoms with van der Waals surface area (Å²) in [6.07, 6.45) is 0. The molecule has 2 atom stereocenters. The maximum atomic E-state index is 12.2. The van der Waals surface area contributed by atoms with Crippen molar-refractivity contribution < 1.29 is 33.3 Å². The molecule has 2 aliphatic heterocycles. The van der Waals surface area contributed by atoms with Crippen molar-refractivity contribution >= 4 is 11.9 Å². The van der Waals surface area contributed by atoms with E-state index in [1.54, 1.807) is 13.0 Å². The third-order valence-corrected chi connectivity index (χ3v) is 4.14. The molecule has 0 radical (unpaired) electrons. The molecule has 2 heterocycles. The first kappa shape index (κ1) is 16.2. The van der Waals surface area contributed by atoms with Crippen molar-refractivity contribution in [2.75, 3.05) is 34.2 Å². The smallest absolute Gasteiger partial charge is 0.319 e. The summed E-state index contributed by atoms with van der Waals surface area (Å²) in [4.78, 5) is 24.3. The summed E-state index contributed by atoms with van der Waals surface area (Å²) in [6.45, 7) is 2.25. The summed E-state index contributed by atoms with van der Waals surface area (Å²) in [5.74, 6) is -0.566. The zero-order valence-corrected chi connectivity index (χ0v) is 13.7. The first-order chi connectivity index (χ1) is 11.6. The molecule has 1 fully saturated rings. The van der Waals surface area contributed by atoms with E-state index >= 15 is 0 Å². The van der Waals surface area contributed by atoms with E-state index in [1.165, 1.54) is 14.2 Å². The van der Waals surface area contributed by atoms with Crippen LogP contribution in [0.25, 0.3) is 0 Å². The van der Waals surface area contributed by atoms with Gasteiger partial charge in [-0.05, 0) is 13.0 Å². The van der Waals surface area contributed by atoms with Gasteiger partial charge in [-0.2, -0.15) is 0 Å². The maximum Gasteiger partial charge on any atom is 0.319 e. The van der Waals surface area contributed by atoms with Crippen LogP contribution in [0.4, 0.5) is 0 Å². The molecule has 0 bridgehead atoms. The van der Waals surface area contributed by atoms with Crippen LogP contribution in [-0.4, -0.2) is 46.0 Å². The van der Waals surface area contributed by atoms with E-state index in [-0.39, 0.29) is 19.3 Å². The molecule has 0 spiro atoms. The van der Waals surface area contributed by atoms with Gasteiger partial charge >= 0.3 is 5.97 Å². The van der Waals surface area contributed by atoms with Gasteiger partial charge in [-0.3, -0.25) is 9.59 Å². The lowest BCUT2D eigenvalue weighted by atomic mass is 9.87. The fourth-order valence-electron chi connectivity index (χ4n) is 3.09. The quantitative estimate of drug-likeness (QED) is 0.628. The standard InChI is InChI=1S/C16H19NO7/c1-4-22-16(19)11-9(6-17-15(11)18)8-5-10(20-2)13-14(12(8)21-3)24-7-23-13/h5,9,11H,4,6-7H2,1-3H3,(H,17,18)/t9-,11-/m1/s1. The highest BCUT2D eigenvalue weighted by molar-refractivity contribution is 6.01. The van der Waals surface area contributed by atoms with Gasteiger partial charge in [0.1, 0.15) is 5.92 Å². The maximum absolute atomic E-state index is 12.2. The Bertz CT molecular complexity index is 673. The molecule has 8 nitrogen and oxygen atoms in total. The van der Waals surface area contributed by atoms with Crippen LogP contribution in [0.3, 0.4) is 0 Å². The predicted molar refractivity (Wildman–Crippen MR) is 81.5 cm³/mol. The van der Waals surface area contributed by atoms with E-state index in [2.05, 4.69) is 5.32 Å². The van der Waals surface area contributed by atoms with Gasteiger partial charge in [0.2, 0.25) is 24.2 Å². The molecule has 2 aliphatic rings. The fourth-order valence-corrected chi connectivity index (χ4v) is 3.09. The van der Waals surface area contributed by atoms with Crippen molar-refractivity contribution in [2.24, 2.45) is 5.92 Å². The third-order valence-electron chi connectivity index (χ3n) is 4.14. The van der Waals surface area contributed by atoms with Gasteiger partial charge in [0, 0.05) is 18.0 Å². The number of benzene rings is 1. The molecule has 1 saturated heterocycles. The highest BCUT2D eigenvalue weighted by Crippen LogP contribution is 2.52. The summed E-state index contributed by atoms with van der Waals surface area (Å²) < 4.78 is 26.8. The normalized spacial score (nSPS) is 21.4. The molecule has 1 N–H and O–H groups in total. The number of rotatable bonds is 5. The minimum absolute atomic E-state index is 0.0503. The minimum atomic E-state index is -0.941. The molecule has 1 aromatic rings. The van der Waals surface area contributed by atoms with Crippen LogP contribution in [0.2, 0.25) is 0 Å². The van der Waals surface area contributed by atoms with E-state index < -0.39 is 17.8 Å². The number of fused-ring (bicyclic) bond motifs is 1. The lowest BCUT2D eigenvalue weighted by Crippen LogP contribution is -2.29. The highest BCUT2D eigenvalue weighted by Gasteiger charge is 2.45. The number of carbonyl (C=O) groups is 2. The zero-order valence-electron chi connectivity index (χ0n) is 13.7. The van der Waals surface area contributed by atoms with Gasteiger partial charge in [-0.25, -0.2) is 0 Å². The van der Waals surface area contributed by atoms with Crippen LogP contribution >= 0.6 is 0 Å². The first-order valence-electron chi connectivity index (χ1n) is 7.61. The number of esters is 1. The van der Waals surface area contributed by atoms with Crippen molar-refractivity contribution in [2.45, 2.75) is 12.8 Å². The van der Waals surface area contributed by atoms with Gasteiger partial charge in [-0.15, -0.1) is 0 Å². The van der Waals surface area contributed by atoms with Gasteiger partial charge in [-0.1, -0.05) is 0 Å². The van der Waals surface area contributed by atoms with Crippen molar-refractivity contribution in [1.29, 1.82) is 0 Å². The van der Waals surface area contributed by atoms with E-state index in [0.717, 1.165) is 0 Å². The molecule has 0 aromatic heterocycles. The van der Waals surface area contributed by atoms with Crippen LogP contribution in [0.15, 0.2) is 6.07 Å². The molecule has 8 heteroatoms. The topological polar surface area (TPSA) is 92.3 Å². The average molecular weight is 337 g/mol. The van der Waals surface area contributed by atoms with Gasteiger partial charge in [0.25, 0.3) is 0 Å². The van der Waals surface area contributed by atoms with Crippen LogP contribution < -0.4 is 24.3 Å². The Kier molecular flexibility index (Phi) is 4.37. The number of ether oxygens (including phenoxy) is 5. The van der Waals surface area contributed by atoms with Crippen molar-refractivity contribution in [3.05, 3.63) is 11.6 Å². The van der Waals surface area contributed by atoms with Crippen LogP contribution in [-0.2, 0) is 14.3 Å². The van der Waals surface area contributed by atoms with Gasteiger partial charge in [0.05, 0.1) is 20.8 Å². The molecular formula is C16H19NO7. The third kappa shape index (κ3) is 2.47. The Balaban J connectivity index is 2.08. The summed E-state index contributed by atoms with van der Waals surface area (Å²) >= 11 is 0. The minimum Gasteiger partial charge on any atom is -0.493 e. The SMILES string of the molecule is CCOC(=O)[C@H]1C(=O)NC[C@@H]1c1cc(OC)c2c(c1OC)OCO2. The van der Waals surface area contributed by atoms with Crippen molar-refractivity contribution in [1.82, 2.24) is 5.32 Å². The Hall–Kier alpha value is -2.64. The second-order valence-corrected chi connectivity index (χ2v) is 5.35. The monoisotopic (exact) mass is 337 g/mol. The van der Waals surface area contributed by atoms with Crippen molar-refractivity contribution in [3.63, 3.8) is 0 Å². The molecule has 1 aromatic carbocycles. The molecule has 0 unspecified atom stereocenters. The number of methoxy groups -OCH3 is 2. The van der Waals surface area contributed by atoms with E-state index in [4.69, 9.17) is 23.7 Å². The second-order valence-electron chi connectivity index (χ2n) is 5.35. The van der Waals surface area contributed by atoms with Gasteiger partial charge < -0.3 is 29.0 Å². The number of carbonyl (C=O) groups excluding carboxylic acids is 2. The predicted octanol–water partition coefficient (Wildman–Crippen LogP) is 0.825. The number of hydrogen-bond donors (Lipinski definition) is 1. The number of hydrogen-bond acceptors (Lipinski definition) is 7. The largest absolute Gasteiger partial charge is 0.493 e. The average Bonchev–Trinajstić information content (AvgIpc) is 3.20. The molecule has 130 valence electrons. The highest BCUT2D eigenvalue weighted by atomic mass is 16.7. The van der Waals surface area contributed by atoms with Crippen LogP contribution in [0.1, 0.15) is 18.4 Å². The number of amides is 1. The first-order valence-corrected chi connectivity index (χ1v) is 7.61. The van der Waals surface area contributed by atoms with E-state index in [0.29, 0.717) is 35.1 Å². The Morgan fingerprint density at radius 1 is 1.29 bits per heavy atom. The summed E-state index contributed by atoms with van der Waals surface area (Å²) in [7, 11) is 3.01. The van der Waals surface area contributed by atoms with E-state index in [9.17, 15) is 9.59 Å². The lowest BCUT2D eigenvalue weighted by molar-refractivity contribution is -0.151. The Morgan fingerprint density at radius 3 is 2.71 bits per heavy atom. The summed E-state index contributed by atoms with van der Waals surface area (Å²) in [6, 6.07) is 1.71. The molecule has 1 amide bonds. The molecule has 0 aliphatic carbocycles. The zero-order chi connectivity index (χ0) is 17.3. The van der Waals surface area contributed by atoms with Crippen LogP contribution in [0, 0.1) is 5.92 Å². The molecular weight excluding hydrogens is 318 g/mol. The van der Waals surface area contributed by atoms with Crippen molar-refractivity contribution in [3.8, 4) is 23.0 Å².